The van der Waals surface area contributed by atoms with Crippen molar-refractivity contribution in [3.63, 3.8) is 0 Å². The summed E-state index contributed by atoms with van der Waals surface area (Å²) in [6, 6.07) is 19.8. The van der Waals surface area contributed by atoms with Gasteiger partial charge >= 0.3 is 5.97 Å². The predicted molar refractivity (Wildman–Crippen MR) is 150 cm³/mol. The Morgan fingerprint density at radius 1 is 0.949 bits per heavy atom. The molecule has 1 aliphatic heterocycles. The molecule has 39 heavy (non-hydrogen) atoms. The molecule has 1 fully saturated rings. The summed E-state index contributed by atoms with van der Waals surface area (Å²) in [7, 11) is 1.58. The number of aliphatic hydroxyl groups is 1. The Kier molecular flexibility index (Phi) is 7.90. The molecule has 0 aromatic heterocycles. The summed E-state index contributed by atoms with van der Waals surface area (Å²) in [4.78, 5) is 40.6. The zero-order valence-corrected chi connectivity index (χ0v) is 22.9. The lowest BCUT2D eigenvalue weighted by atomic mass is 9.84. The van der Waals surface area contributed by atoms with Gasteiger partial charge in [0.2, 0.25) is 0 Å². The quantitative estimate of drug-likeness (QED) is 0.171. The van der Waals surface area contributed by atoms with E-state index in [1.54, 1.807) is 49.6 Å². The van der Waals surface area contributed by atoms with E-state index in [4.69, 9.17) is 9.47 Å². The number of rotatable bonds is 7. The zero-order valence-electron chi connectivity index (χ0n) is 22.9. The van der Waals surface area contributed by atoms with E-state index >= 15 is 0 Å². The Morgan fingerprint density at radius 3 is 2.18 bits per heavy atom. The normalized spacial score (nSPS) is 16.8. The molecule has 1 atom stereocenters. The number of nitrogens with zero attached hydrogens (tertiary/aromatic N) is 1. The molecule has 0 bridgehead atoms. The van der Waals surface area contributed by atoms with Gasteiger partial charge in [0.05, 0.1) is 30.9 Å². The molecular formula is C32H33NO6. The Balaban J connectivity index is 1.85. The van der Waals surface area contributed by atoms with Crippen LogP contribution in [-0.4, -0.2) is 36.5 Å². The maximum Gasteiger partial charge on any atom is 0.338 e. The van der Waals surface area contributed by atoms with Gasteiger partial charge in [-0.1, -0.05) is 58.0 Å². The van der Waals surface area contributed by atoms with E-state index in [0.717, 1.165) is 5.56 Å². The number of carbonyl (C=O) groups excluding carboxylic acids is 3. The number of carbonyl (C=O) groups is 3. The lowest BCUT2D eigenvalue weighted by molar-refractivity contribution is -0.132. The molecule has 1 amide bonds. The van der Waals surface area contributed by atoms with Crippen LogP contribution in [-0.2, 0) is 19.7 Å². The first-order chi connectivity index (χ1) is 18.6. The fourth-order valence-corrected chi connectivity index (χ4v) is 4.68. The van der Waals surface area contributed by atoms with Crippen molar-refractivity contribution >= 4 is 29.1 Å². The third-order valence-electron chi connectivity index (χ3n) is 6.66. The number of hydrogen-bond donors (Lipinski definition) is 1. The van der Waals surface area contributed by atoms with Gasteiger partial charge in [0.1, 0.15) is 11.5 Å². The van der Waals surface area contributed by atoms with Crippen LogP contribution in [0.2, 0.25) is 0 Å². The van der Waals surface area contributed by atoms with Crippen molar-refractivity contribution in [2.75, 3.05) is 18.6 Å². The lowest BCUT2D eigenvalue weighted by Crippen LogP contribution is -2.29. The number of Topliss-reactive ketones (excluding diaryl/α,β-unsaturated/α-hetero) is 1. The number of hydrogen-bond acceptors (Lipinski definition) is 6. The highest BCUT2D eigenvalue weighted by molar-refractivity contribution is 6.51. The molecule has 1 heterocycles. The fraction of sp³-hybridized carbons (Fsp3) is 0.281. The maximum absolute atomic E-state index is 13.5. The van der Waals surface area contributed by atoms with Crippen molar-refractivity contribution in [1.29, 1.82) is 0 Å². The largest absolute Gasteiger partial charge is 0.507 e. The van der Waals surface area contributed by atoms with E-state index in [9.17, 15) is 19.5 Å². The molecule has 4 rings (SSSR count). The first-order valence-electron chi connectivity index (χ1n) is 12.9. The highest BCUT2D eigenvalue weighted by Crippen LogP contribution is 2.43. The average Bonchev–Trinajstić information content (AvgIpc) is 3.21. The van der Waals surface area contributed by atoms with Crippen molar-refractivity contribution in [2.45, 2.75) is 45.6 Å². The van der Waals surface area contributed by atoms with Gasteiger partial charge in [-0.25, -0.2) is 4.79 Å². The second-order valence-corrected chi connectivity index (χ2v) is 10.4. The Bertz CT molecular complexity index is 1420. The van der Waals surface area contributed by atoms with Crippen LogP contribution in [0.5, 0.6) is 5.75 Å². The number of ketones is 1. The van der Waals surface area contributed by atoms with Gasteiger partial charge in [-0.15, -0.1) is 0 Å². The number of anilines is 1. The molecule has 7 nitrogen and oxygen atoms in total. The molecular weight excluding hydrogens is 494 g/mol. The van der Waals surface area contributed by atoms with Crippen LogP contribution in [0.25, 0.3) is 5.76 Å². The molecule has 1 saturated heterocycles. The number of aliphatic hydroxyl groups excluding tert-OH is 1. The highest BCUT2D eigenvalue weighted by atomic mass is 16.5. The SMILES string of the molecule is CCCOC(=O)c1ccc(N2C(=O)C(=O)/C(=C(\O)c3ccc(OC)c(C(C)(C)C)c3)C2c2ccccc2)cc1. The number of methoxy groups -OCH3 is 1. The first-order valence-corrected chi connectivity index (χ1v) is 12.9. The topological polar surface area (TPSA) is 93.1 Å². The van der Waals surface area contributed by atoms with Crippen LogP contribution < -0.4 is 9.64 Å². The fourth-order valence-electron chi connectivity index (χ4n) is 4.68. The summed E-state index contributed by atoms with van der Waals surface area (Å²) in [6.07, 6.45) is 0.705. The monoisotopic (exact) mass is 527 g/mol. The van der Waals surface area contributed by atoms with E-state index in [0.29, 0.717) is 41.2 Å². The Morgan fingerprint density at radius 2 is 1.59 bits per heavy atom. The Hall–Kier alpha value is -4.39. The number of benzene rings is 3. The summed E-state index contributed by atoms with van der Waals surface area (Å²) in [6.45, 7) is 8.30. The van der Waals surface area contributed by atoms with Gasteiger partial charge in [0, 0.05) is 16.8 Å². The van der Waals surface area contributed by atoms with E-state index in [2.05, 4.69) is 0 Å². The third kappa shape index (κ3) is 5.43. The molecule has 1 unspecified atom stereocenters. The minimum Gasteiger partial charge on any atom is -0.507 e. The van der Waals surface area contributed by atoms with E-state index < -0.39 is 23.7 Å². The van der Waals surface area contributed by atoms with Crippen LogP contribution in [0.4, 0.5) is 5.69 Å². The van der Waals surface area contributed by atoms with Crippen LogP contribution in [0.15, 0.2) is 78.4 Å². The Labute approximate surface area is 228 Å². The minimum atomic E-state index is -0.871. The van der Waals surface area contributed by atoms with Crippen LogP contribution >= 0.6 is 0 Å². The molecule has 7 heteroatoms. The molecule has 0 saturated carbocycles. The van der Waals surface area contributed by atoms with E-state index in [1.165, 1.54) is 4.90 Å². The first kappa shape index (κ1) is 27.6. The van der Waals surface area contributed by atoms with Gasteiger partial charge in [-0.3, -0.25) is 14.5 Å². The van der Waals surface area contributed by atoms with Crippen LogP contribution in [0.1, 0.15) is 67.2 Å². The van der Waals surface area contributed by atoms with Crippen molar-refractivity contribution in [3.05, 3.63) is 101 Å². The standard InChI is InChI=1S/C32H33NO6/c1-6-18-39-31(37)21-12-15-23(16-13-21)33-27(20-10-8-7-9-11-20)26(29(35)30(33)36)28(34)22-14-17-25(38-5)24(19-22)32(2,3)4/h7-17,19,27,34H,6,18H2,1-5H3/b28-26-. The maximum atomic E-state index is 13.5. The van der Waals surface area contributed by atoms with Crippen LogP contribution in [0.3, 0.4) is 0 Å². The van der Waals surface area contributed by atoms with Crippen molar-refractivity contribution < 1.29 is 29.0 Å². The molecule has 0 aliphatic carbocycles. The average molecular weight is 528 g/mol. The van der Waals surface area contributed by atoms with E-state index in [-0.39, 0.29) is 16.7 Å². The summed E-state index contributed by atoms with van der Waals surface area (Å²) in [5.41, 5.74) is 2.37. The highest BCUT2D eigenvalue weighted by Gasteiger charge is 2.47. The molecule has 1 aliphatic rings. The molecule has 1 N–H and O–H groups in total. The third-order valence-corrected chi connectivity index (χ3v) is 6.66. The van der Waals surface area contributed by atoms with Crippen molar-refractivity contribution in [2.24, 2.45) is 0 Å². The molecule has 3 aromatic rings. The molecule has 0 radical (unpaired) electrons. The van der Waals surface area contributed by atoms with E-state index in [1.807, 2.05) is 58.0 Å². The lowest BCUT2D eigenvalue weighted by Gasteiger charge is -2.26. The molecule has 0 spiro atoms. The van der Waals surface area contributed by atoms with Gasteiger partial charge < -0.3 is 14.6 Å². The van der Waals surface area contributed by atoms with Gasteiger partial charge in [-0.05, 0) is 59.9 Å². The van der Waals surface area contributed by atoms with Crippen molar-refractivity contribution in [1.82, 2.24) is 0 Å². The summed E-state index contributed by atoms with van der Waals surface area (Å²) in [5, 5.41) is 11.5. The second kappa shape index (κ2) is 11.2. The molecule has 3 aromatic carbocycles. The number of esters is 1. The number of amides is 1. The summed E-state index contributed by atoms with van der Waals surface area (Å²) >= 11 is 0. The minimum absolute atomic E-state index is 0.0114. The van der Waals surface area contributed by atoms with Gasteiger partial charge in [0.15, 0.2) is 0 Å². The van der Waals surface area contributed by atoms with Crippen LogP contribution in [0, 0.1) is 0 Å². The smallest absolute Gasteiger partial charge is 0.338 e. The summed E-state index contributed by atoms with van der Waals surface area (Å²) in [5.74, 6) is -1.62. The summed E-state index contributed by atoms with van der Waals surface area (Å²) < 4.78 is 10.7. The number of ether oxygens (including phenoxy) is 2. The predicted octanol–water partition coefficient (Wildman–Crippen LogP) is 6.19. The van der Waals surface area contributed by atoms with Crippen molar-refractivity contribution in [3.8, 4) is 5.75 Å². The zero-order chi connectivity index (χ0) is 28.3. The van der Waals surface area contributed by atoms with Gasteiger partial charge in [-0.2, -0.15) is 0 Å². The van der Waals surface area contributed by atoms with Gasteiger partial charge in [0.25, 0.3) is 11.7 Å². The molecule has 202 valence electrons. The second-order valence-electron chi connectivity index (χ2n) is 10.4.